The molecule has 1 N–H and O–H groups in total. The Morgan fingerprint density at radius 2 is 1.39 bits per heavy atom. The maximum atomic E-state index is 13.0. The van der Waals surface area contributed by atoms with E-state index in [0.717, 1.165) is 38.7 Å². The smallest absolute Gasteiger partial charge is 0.310 e. The molecule has 0 radical (unpaired) electrons. The zero-order valence-electron chi connectivity index (χ0n) is 34.9. The Hall–Kier alpha value is -1.09. The van der Waals surface area contributed by atoms with Crippen molar-refractivity contribution in [1.29, 1.82) is 0 Å². The van der Waals surface area contributed by atoms with Gasteiger partial charge < -0.3 is 9.84 Å². The van der Waals surface area contributed by atoms with Gasteiger partial charge in [-0.1, -0.05) is 137 Å². The van der Waals surface area contributed by atoms with Gasteiger partial charge in [0.15, 0.2) is 0 Å². The largest absolute Gasteiger partial charge is 0.481 e. The van der Waals surface area contributed by atoms with E-state index in [4.69, 9.17) is 4.74 Å². The van der Waals surface area contributed by atoms with Gasteiger partial charge in [0, 0.05) is 6.61 Å². The standard InChI is InChI=1S/C48H82O3/c1-9-10-11-12-13-14-15-16-17-18-19-20-21-22-23-24-35-51-41-29-30-45(6)39(44(41,4)5)28-31-47(8)40(45)26-25-38-42-37(3)36(2)27-32-48(42,43(49)50)34-33-46(38,47)7/h14-15,25,36-37,39-42H,9-13,16-24,26-35H2,1-8H3,(H,49,50)/b15-14+/t36-,37+,39?,40-,41+,42+,45+,46-,47-,48+/m1/s1. The van der Waals surface area contributed by atoms with Crippen LogP contribution in [0.1, 0.15) is 203 Å². The van der Waals surface area contributed by atoms with Crippen molar-refractivity contribution in [3.8, 4) is 0 Å². The zero-order chi connectivity index (χ0) is 36.9. The van der Waals surface area contributed by atoms with E-state index in [2.05, 4.69) is 73.6 Å². The van der Waals surface area contributed by atoms with Gasteiger partial charge >= 0.3 is 5.97 Å². The lowest BCUT2D eigenvalue weighted by molar-refractivity contribution is -0.213. The van der Waals surface area contributed by atoms with Crippen LogP contribution in [0, 0.1) is 56.7 Å². The Labute approximate surface area is 316 Å². The molecule has 4 saturated carbocycles. The van der Waals surface area contributed by atoms with Gasteiger partial charge in [-0.25, -0.2) is 0 Å². The Balaban J connectivity index is 1.09. The normalized spacial score (nSPS) is 40.2. The molecule has 10 atom stereocenters. The van der Waals surface area contributed by atoms with Crippen LogP contribution in [0.15, 0.2) is 23.8 Å². The summed E-state index contributed by atoms with van der Waals surface area (Å²) in [5, 5.41) is 10.7. The highest BCUT2D eigenvalue weighted by molar-refractivity contribution is 5.76. The Kier molecular flexibility index (Phi) is 13.8. The van der Waals surface area contributed by atoms with Crippen LogP contribution in [0.2, 0.25) is 0 Å². The molecule has 0 aromatic carbocycles. The third-order valence-electron chi connectivity index (χ3n) is 17.3. The van der Waals surface area contributed by atoms with E-state index in [1.807, 2.05) is 0 Å². The molecule has 51 heavy (non-hydrogen) atoms. The summed E-state index contributed by atoms with van der Waals surface area (Å²) in [6, 6.07) is 0. The number of hydrogen-bond donors (Lipinski definition) is 1. The quantitative estimate of drug-likeness (QED) is 0.114. The van der Waals surface area contributed by atoms with Crippen molar-refractivity contribution in [2.75, 3.05) is 6.61 Å². The Morgan fingerprint density at radius 3 is 2.04 bits per heavy atom. The van der Waals surface area contributed by atoms with E-state index in [9.17, 15) is 9.90 Å². The van der Waals surface area contributed by atoms with Crippen LogP contribution in [-0.4, -0.2) is 23.8 Å². The monoisotopic (exact) mass is 707 g/mol. The fourth-order valence-corrected chi connectivity index (χ4v) is 13.7. The molecule has 4 fully saturated rings. The molecule has 0 heterocycles. The lowest BCUT2D eigenvalue weighted by atomic mass is 9.33. The second-order valence-corrected chi connectivity index (χ2v) is 20.3. The second kappa shape index (κ2) is 17.1. The summed E-state index contributed by atoms with van der Waals surface area (Å²) < 4.78 is 6.82. The summed E-state index contributed by atoms with van der Waals surface area (Å²) >= 11 is 0. The van der Waals surface area contributed by atoms with Gasteiger partial charge in [-0.05, 0) is 141 Å². The molecule has 5 aliphatic carbocycles. The predicted octanol–water partition coefficient (Wildman–Crippen LogP) is 14.2. The summed E-state index contributed by atoms with van der Waals surface area (Å²) in [4.78, 5) is 13.0. The van der Waals surface area contributed by atoms with Gasteiger partial charge in [0.2, 0.25) is 0 Å². The average molecular weight is 707 g/mol. The number of aliphatic carboxylic acids is 1. The number of carboxylic acid groups (broad SMARTS) is 1. The molecule has 3 heteroatoms. The van der Waals surface area contributed by atoms with Crippen LogP contribution >= 0.6 is 0 Å². The Bertz CT molecular complexity index is 1200. The first-order valence-electron chi connectivity index (χ1n) is 22.5. The molecule has 3 nitrogen and oxygen atoms in total. The first-order valence-corrected chi connectivity index (χ1v) is 22.5. The number of carboxylic acids is 1. The van der Waals surface area contributed by atoms with Crippen molar-refractivity contribution < 1.29 is 14.6 Å². The van der Waals surface area contributed by atoms with Crippen LogP contribution in [0.3, 0.4) is 0 Å². The number of ether oxygens (including phenoxy) is 1. The number of rotatable bonds is 18. The molecular weight excluding hydrogens is 625 g/mol. The minimum atomic E-state index is -0.552. The molecule has 5 rings (SSSR count). The van der Waals surface area contributed by atoms with E-state index in [0.29, 0.717) is 35.2 Å². The SMILES string of the molecule is CCCCCC/C=C/CCCCCCCCCCO[C@H]1CC[C@@]2(C)C(CC[C@]3(C)[C@@H]2CC=C2[C@@H]4[C@@H](C)[C@H](C)CC[C@]4(C(=O)O)CC[C@]23C)C1(C)C. The highest BCUT2D eigenvalue weighted by Crippen LogP contribution is 2.75. The summed E-state index contributed by atoms with van der Waals surface area (Å²) in [5.74, 6) is 2.04. The number of unbranched alkanes of at least 4 members (excludes halogenated alkanes) is 12. The third-order valence-corrected chi connectivity index (χ3v) is 17.3. The van der Waals surface area contributed by atoms with Crippen LogP contribution < -0.4 is 0 Å². The van der Waals surface area contributed by atoms with Crippen LogP contribution in [0.5, 0.6) is 0 Å². The zero-order valence-corrected chi connectivity index (χ0v) is 34.9. The Morgan fingerprint density at radius 1 is 0.765 bits per heavy atom. The van der Waals surface area contributed by atoms with Crippen molar-refractivity contribution in [3.05, 3.63) is 23.8 Å². The molecule has 0 bridgehead atoms. The van der Waals surface area contributed by atoms with Crippen molar-refractivity contribution in [1.82, 2.24) is 0 Å². The summed E-state index contributed by atoms with van der Waals surface area (Å²) in [5.41, 5.74) is 1.82. The average Bonchev–Trinajstić information content (AvgIpc) is 3.08. The van der Waals surface area contributed by atoms with Crippen molar-refractivity contribution in [2.24, 2.45) is 56.7 Å². The van der Waals surface area contributed by atoms with Crippen LogP contribution in [0.25, 0.3) is 0 Å². The number of hydrogen-bond acceptors (Lipinski definition) is 2. The molecule has 1 unspecified atom stereocenters. The molecule has 5 aliphatic rings. The molecular formula is C48H82O3. The predicted molar refractivity (Wildman–Crippen MR) is 216 cm³/mol. The first-order chi connectivity index (χ1) is 24.3. The summed E-state index contributed by atoms with van der Waals surface area (Å²) in [6.45, 7) is 21.0. The van der Waals surface area contributed by atoms with Gasteiger partial charge in [0.05, 0.1) is 11.5 Å². The van der Waals surface area contributed by atoms with Crippen molar-refractivity contribution >= 4 is 5.97 Å². The molecule has 0 saturated heterocycles. The first kappa shape index (κ1) is 41.1. The van der Waals surface area contributed by atoms with Gasteiger partial charge in [-0.2, -0.15) is 0 Å². The lowest BCUT2D eigenvalue weighted by Gasteiger charge is -2.71. The molecule has 0 aromatic rings. The maximum Gasteiger partial charge on any atom is 0.310 e. The van der Waals surface area contributed by atoms with Gasteiger partial charge in [-0.15, -0.1) is 0 Å². The van der Waals surface area contributed by atoms with E-state index in [1.165, 1.54) is 116 Å². The van der Waals surface area contributed by atoms with E-state index in [1.54, 1.807) is 5.57 Å². The van der Waals surface area contributed by atoms with Gasteiger partial charge in [0.1, 0.15) is 0 Å². The number of carbonyl (C=O) groups is 1. The summed E-state index contributed by atoms with van der Waals surface area (Å²) in [6.07, 6.45) is 36.7. The fourth-order valence-electron chi connectivity index (χ4n) is 13.7. The molecule has 0 amide bonds. The van der Waals surface area contributed by atoms with E-state index >= 15 is 0 Å². The van der Waals surface area contributed by atoms with Crippen molar-refractivity contribution in [3.63, 3.8) is 0 Å². The van der Waals surface area contributed by atoms with E-state index < -0.39 is 11.4 Å². The minimum absolute atomic E-state index is 0.0981. The number of fused-ring (bicyclic) bond motifs is 7. The van der Waals surface area contributed by atoms with Gasteiger partial charge in [0.25, 0.3) is 0 Å². The molecule has 0 aliphatic heterocycles. The summed E-state index contributed by atoms with van der Waals surface area (Å²) in [7, 11) is 0. The highest BCUT2D eigenvalue weighted by Gasteiger charge is 2.69. The van der Waals surface area contributed by atoms with Crippen LogP contribution in [-0.2, 0) is 9.53 Å². The topological polar surface area (TPSA) is 46.5 Å². The fraction of sp³-hybridized carbons (Fsp3) is 0.896. The third kappa shape index (κ3) is 7.87. The van der Waals surface area contributed by atoms with Crippen molar-refractivity contribution in [2.45, 2.75) is 209 Å². The highest BCUT2D eigenvalue weighted by atomic mass is 16.5. The van der Waals surface area contributed by atoms with Gasteiger partial charge in [-0.3, -0.25) is 4.79 Å². The van der Waals surface area contributed by atoms with E-state index in [-0.39, 0.29) is 22.2 Å². The van der Waals surface area contributed by atoms with Crippen LogP contribution in [0.4, 0.5) is 0 Å². The second-order valence-electron chi connectivity index (χ2n) is 20.3. The minimum Gasteiger partial charge on any atom is -0.481 e. The molecule has 292 valence electrons. The number of allylic oxidation sites excluding steroid dienone is 4. The lowest BCUT2D eigenvalue weighted by Crippen LogP contribution is -2.65. The molecule has 0 aromatic heterocycles. The maximum absolute atomic E-state index is 13.0. The molecule has 0 spiro atoms.